The number of hydrogen-bond acceptors (Lipinski definition) is 4. The highest BCUT2D eigenvalue weighted by molar-refractivity contribution is 5.90. The van der Waals surface area contributed by atoms with Gasteiger partial charge in [-0.2, -0.15) is 0 Å². The van der Waals surface area contributed by atoms with Crippen LogP contribution in [0.25, 0.3) is 5.69 Å². The molecule has 0 amide bonds. The number of nitrogens with zero attached hydrogens (tertiary/aromatic N) is 2. The fourth-order valence-corrected chi connectivity index (χ4v) is 3.04. The molecule has 0 aliphatic carbocycles. The molecule has 0 unspecified atom stereocenters. The Morgan fingerprint density at radius 1 is 1.04 bits per heavy atom. The van der Waals surface area contributed by atoms with Crippen molar-refractivity contribution in [3.8, 4) is 5.69 Å². The molecule has 0 aliphatic rings. The third-order valence-corrected chi connectivity index (χ3v) is 4.46. The number of hydrogen-bond donors (Lipinski definition) is 1. The average Bonchev–Trinajstić information content (AvgIpc) is 2.99. The van der Waals surface area contributed by atoms with Crippen molar-refractivity contribution >= 4 is 23.8 Å². The fraction of sp³-hybridized carbons (Fsp3) is 0.136. The second kappa shape index (κ2) is 7.92. The molecule has 1 aromatic heterocycles. The smallest absolute Gasteiger partial charge is 0.337 e. The van der Waals surface area contributed by atoms with Gasteiger partial charge in [-0.3, -0.25) is 4.99 Å². The predicted molar refractivity (Wildman–Crippen MR) is 107 cm³/mol. The molecule has 0 fully saturated rings. The van der Waals surface area contributed by atoms with Gasteiger partial charge in [0.15, 0.2) is 0 Å². The molecule has 0 saturated heterocycles. The van der Waals surface area contributed by atoms with E-state index in [-0.39, 0.29) is 11.5 Å². The average molecular weight is 376 g/mol. The van der Waals surface area contributed by atoms with Crippen LogP contribution in [0.4, 0.5) is 5.69 Å². The summed E-state index contributed by atoms with van der Waals surface area (Å²) in [5.74, 6) is -1.34. The molecular formula is C22H20N2O4. The van der Waals surface area contributed by atoms with E-state index in [4.69, 9.17) is 9.84 Å². The highest BCUT2D eigenvalue weighted by Crippen LogP contribution is 2.22. The number of ether oxygens (including phenoxy) is 1. The highest BCUT2D eigenvalue weighted by atomic mass is 16.5. The summed E-state index contributed by atoms with van der Waals surface area (Å²) in [6.07, 6.45) is 1.75. The first-order valence-corrected chi connectivity index (χ1v) is 8.66. The second-order valence-electron chi connectivity index (χ2n) is 6.31. The summed E-state index contributed by atoms with van der Waals surface area (Å²) in [6.45, 7) is 3.96. The zero-order valence-electron chi connectivity index (χ0n) is 15.8. The first-order valence-electron chi connectivity index (χ1n) is 8.66. The minimum absolute atomic E-state index is 0.225. The Kier molecular flexibility index (Phi) is 5.40. The molecule has 142 valence electrons. The van der Waals surface area contributed by atoms with E-state index in [0.29, 0.717) is 11.3 Å². The summed E-state index contributed by atoms with van der Waals surface area (Å²) >= 11 is 0. The summed E-state index contributed by atoms with van der Waals surface area (Å²) in [5, 5.41) is 8.96. The summed E-state index contributed by atoms with van der Waals surface area (Å²) in [5.41, 5.74) is 5.16. The largest absolute Gasteiger partial charge is 0.478 e. The molecule has 0 saturated carbocycles. The lowest BCUT2D eigenvalue weighted by molar-refractivity contribution is 0.0599. The van der Waals surface area contributed by atoms with E-state index in [9.17, 15) is 9.59 Å². The van der Waals surface area contributed by atoms with Crippen molar-refractivity contribution in [1.29, 1.82) is 0 Å². The number of benzene rings is 2. The van der Waals surface area contributed by atoms with E-state index in [2.05, 4.69) is 4.99 Å². The Bertz CT molecular complexity index is 1060. The van der Waals surface area contributed by atoms with Crippen molar-refractivity contribution in [2.24, 2.45) is 4.99 Å². The van der Waals surface area contributed by atoms with Crippen LogP contribution in [0.2, 0.25) is 0 Å². The first kappa shape index (κ1) is 19.1. The third kappa shape index (κ3) is 3.86. The molecule has 3 rings (SSSR count). The van der Waals surface area contributed by atoms with Crippen LogP contribution in [-0.4, -0.2) is 34.9 Å². The van der Waals surface area contributed by atoms with E-state index in [1.54, 1.807) is 30.5 Å². The maximum atomic E-state index is 11.8. The first-order chi connectivity index (χ1) is 13.4. The minimum atomic E-state index is -0.965. The number of carbonyl (C=O) groups is 2. The molecule has 6 nitrogen and oxygen atoms in total. The predicted octanol–water partition coefficient (Wildman–Crippen LogP) is 4.33. The topological polar surface area (TPSA) is 80.9 Å². The summed E-state index contributed by atoms with van der Waals surface area (Å²) in [7, 11) is 1.36. The van der Waals surface area contributed by atoms with Gasteiger partial charge in [0.05, 0.1) is 23.9 Å². The Labute approximate surface area is 162 Å². The van der Waals surface area contributed by atoms with E-state index in [1.165, 1.54) is 19.2 Å². The van der Waals surface area contributed by atoms with Gasteiger partial charge >= 0.3 is 11.9 Å². The quantitative estimate of drug-likeness (QED) is 0.531. The van der Waals surface area contributed by atoms with Gasteiger partial charge < -0.3 is 14.4 Å². The van der Waals surface area contributed by atoms with Crippen LogP contribution < -0.4 is 0 Å². The van der Waals surface area contributed by atoms with Crippen molar-refractivity contribution in [3.63, 3.8) is 0 Å². The minimum Gasteiger partial charge on any atom is -0.478 e. The van der Waals surface area contributed by atoms with Gasteiger partial charge in [0, 0.05) is 28.9 Å². The third-order valence-electron chi connectivity index (χ3n) is 4.46. The monoisotopic (exact) mass is 376 g/mol. The van der Waals surface area contributed by atoms with Gasteiger partial charge in [-0.05, 0) is 62.4 Å². The molecule has 6 heteroatoms. The van der Waals surface area contributed by atoms with Gasteiger partial charge in [0.2, 0.25) is 0 Å². The maximum Gasteiger partial charge on any atom is 0.337 e. The Balaban J connectivity index is 1.92. The number of carbonyl (C=O) groups excluding carboxylic acids is 1. The zero-order valence-corrected chi connectivity index (χ0v) is 15.8. The zero-order chi connectivity index (χ0) is 20.3. The number of rotatable bonds is 5. The Hall–Kier alpha value is -3.67. The van der Waals surface area contributed by atoms with Gasteiger partial charge in [0.25, 0.3) is 0 Å². The number of aromatic carboxylic acids is 1. The van der Waals surface area contributed by atoms with E-state index >= 15 is 0 Å². The number of esters is 1. The molecule has 1 N–H and O–H groups in total. The Morgan fingerprint density at radius 3 is 2.39 bits per heavy atom. The fourth-order valence-electron chi connectivity index (χ4n) is 3.04. The number of methoxy groups -OCH3 is 1. The van der Waals surface area contributed by atoms with Crippen LogP contribution in [-0.2, 0) is 4.74 Å². The van der Waals surface area contributed by atoms with Gasteiger partial charge in [-0.25, -0.2) is 9.59 Å². The van der Waals surface area contributed by atoms with E-state index in [1.807, 2.05) is 36.6 Å². The van der Waals surface area contributed by atoms with Crippen molar-refractivity contribution in [3.05, 3.63) is 82.7 Å². The molecule has 0 spiro atoms. The number of carboxylic acid groups (broad SMARTS) is 1. The summed E-state index contributed by atoms with van der Waals surface area (Å²) < 4.78 is 6.84. The van der Waals surface area contributed by atoms with Crippen molar-refractivity contribution in [2.45, 2.75) is 13.8 Å². The normalized spacial score (nSPS) is 11.0. The maximum absolute atomic E-state index is 11.8. The molecular weight excluding hydrogens is 356 g/mol. The Morgan fingerprint density at radius 2 is 1.75 bits per heavy atom. The SMILES string of the molecule is COC(=O)c1cccc(-n2c(C)cc(C=Nc3ccc(C(=O)O)cc3)c2C)c1. The lowest BCUT2D eigenvalue weighted by Gasteiger charge is -2.10. The lowest BCUT2D eigenvalue weighted by Crippen LogP contribution is -2.04. The van der Waals surface area contributed by atoms with E-state index in [0.717, 1.165) is 22.6 Å². The van der Waals surface area contributed by atoms with Crippen molar-refractivity contribution in [2.75, 3.05) is 7.11 Å². The molecule has 0 aliphatic heterocycles. The second-order valence-corrected chi connectivity index (χ2v) is 6.31. The number of aryl methyl sites for hydroxylation is 1. The summed E-state index contributed by atoms with van der Waals surface area (Å²) in [4.78, 5) is 27.2. The van der Waals surface area contributed by atoms with Crippen LogP contribution in [0, 0.1) is 13.8 Å². The standard InChI is InChI=1S/C22H20N2O4/c1-14-11-18(13-23-19-9-7-16(8-10-19)21(25)26)15(2)24(14)20-6-4-5-17(12-20)22(27)28-3/h4-13H,1-3H3,(H,25,26). The van der Waals surface area contributed by atoms with Crippen LogP contribution in [0.15, 0.2) is 59.6 Å². The number of carboxylic acids is 1. The summed E-state index contributed by atoms with van der Waals surface area (Å²) in [6, 6.07) is 15.6. The lowest BCUT2D eigenvalue weighted by atomic mass is 10.2. The van der Waals surface area contributed by atoms with Gasteiger partial charge in [-0.15, -0.1) is 0 Å². The number of aliphatic imine (C=N–C) groups is 1. The molecule has 0 atom stereocenters. The molecule has 0 radical (unpaired) electrons. The van der Waals surface area contributed by atoms with Crippen LogP contribution in [0.5, 0.6) is 0 Å². The van der Waals surface area contributed by atoms with Gasteiger partial charge in [-0.1, -0.05) is 6.07 Å². The van der Waals surface area contributed by atoms with Crippen LogP contribution in [0.1, 0.15) is 37.7 Å². The molecule has 28 heavy (non-hydrogen) atoms. The molecule has 3 aromatic rings. The van der Waals surface area contributed by atoms with Crippen LogP contribution >= 0.6 is 0 Å². The van der Waals surface area contributed by atoms with Crippen molar-refractivity contribution in [1.82, 2.24) is 4.57 Å². The highest BCUT2D eigenvalue weighted by Gasteiger charge is 2.12. The number of aromatic nitrogens is 1. The van der Waals surface area contributed by atoms with Crippen LogP contribution in [0.3, 0.4) is 0 Å². The van der Waals surface area contributed by atoms with Crippen molar-refractivity contribution < 1.29 is 19.4 Å². The van der Waals surface area contributed by atoms with E-state index < -0.39 is 5.97 Å². The molecule has 0 bridgehead atoms. The van der Waals surface area contributed by atoms with Gasteiger partial charge in [0.1, 0.15) is 0 Å². The molecule has 1 heterocycles. The molecule has 2 aromatic carbocycles.